The number of carbonyl (C=O) groups is 2. The van der Waals surface area contributed by atoms with E-state index in [1.807, 2.05) is 30.3 Å². The quantitative estimate of drug-likeness (QED) is 0.775. The second-order valence-electron chi connectivity index (χ2n) is 4.92. The van der Waals surface area contributed by atoms with Crippen LogP contribution in [-0.4, -0.2) is 37.6 Å². The molecular formula is C15H20N2O3. The molecule has 1 fully saturated rings. The third kappa shape index (κ3) is 3.81. The van der Waals surface area contributed by atoms with Crippen molar-refractivity contribution in [1.82, 2.24) is 10.6 Å². The highest BCUT2D eigenvalue weighted by Gasteiger charge is 2.27. The summed E-state index contributed by atoms with van der Waals surface area (Å²) in [5.74, 6) is -0.547. The first-order chi connectivity index (χ1) is 9.70. The van der Waals surface area contributed by atoms with Gasteiger partial charge in [-0.25, -0.2) is 4.79 Å². The lowest BCUT2D eigenvalue weighted by molar-refractivity contribution is -0.145. The number of ether oxygens (including phenoxy) is 1. The molecule has 1 unspecified atom stereocenters. The number of rotatable bonds is 5. The average molecular weight is 276 g/mol. The second-order valence-corrected chi connectivity index (χ2v) is 4.92. The first-order valence-corrected chi connectivity index (χ1v) is 6.86. The van der Waals surface area contributed by atoms with Crippen LogP contribution in [0.1, 0.15) is 18.4 Å². The molecule has 0 aromatic heterocycles. The van der Waals surface area contributed by atoms with Crippen LogP contribution in [0, 0.1) is 0 Å². The number of hydrogen-bond acceptors (Lipinski definition) is 4. The summed E-state index contributed by atoms with van der Waals surface area (Å²) in [5.41, 5.74) is 0.989. The summed E-state index contributed by atoms with van der Waals surface area (Å²) in [7, 11) is 1.33. The Morgan fingerprint density at radius 2 is 2.15 bits per heavy atom. The molecule has 1 amide bonds. The van der Waals surface area contributed by atoms with Gasteiger partial charge in [0.15, 0.2) is 0 Å². The van der Waals surface area contributed by atoms with Gasteiger partial charge in [0.05, 0.1) is 13.2 Å². The van der Waals surface area contributed by atoms with Gasteiger partial charge in [-0.05, 0) is 24.9 Å². The van der Waals surface area contributed by atoms with Gasteiger partial charge in [-0.15, -0.1) is 0 Å². The summed E-state index contributed by atoms with van der Waals surface area (Å²) in [4.78, 5) is 23.9. The minimum Gasteiger partial charge on any atom is -0.467 e. The Morgan fingerprint density at radius 1 is 1.40 bits per heavy atom. The lowest BCUT2D eigenvalue weighted by Crippen LogP contribution is -2.49. The largest absolute Gasteiger partial charge is 0.467 e. The summed E-state index contributed by atoms with van der Waals surface area (Å²) in [6.45, 7) is 0.847. The van der Waals surface area contributed by atoms with Crippen molar-refractivity contribution < 1.29 is 14.3 Å². The molecule has 5 heteroatoms. The first kappa shape index (κ1) is 14.5. The molecule has 0 aliphatic carbocycles. The Kier molecular flexibility index (Phi) is 5.12. The molecule has 0 radical (unpaired) electrons. The molecule has 0 bridgehead atoms. The Labute approximate surface area is 118 Å². The van der Waals surface area contributed by atoms with Gasteiger partial charge in [-0.1, -0.05) is 30.3 Å². The van der Waals surface area contributed by atoms with Gasteiger partial charge in [0.1, 0.15) is 6.04 Å². The third-order valence-electron chi connectivity index (χ3n) is 3.46. The lowest BCUT2D eigenvalue weighted by Gasteiger charge is -2.19. The van der Waals surface area contributed by atoms with Crippen LogP contribution in [0.15, 0.2) is 30.3 Å². The van der Waals surface area contributed by atoms with Crippen molar-refractivity contribution in [1.29, 1.82) is 0 Å². The Morgan fingerprint density at radius 3 is 2.75 bits per heavy atom. The molecule has 1 saturated heterocycles. The van der Waals surface area contributed by atoms with Gasteiger partial charge < -0.3 is 15.4 Å². The van der Waals surface area contributed by atoms with Crippen molar-refractivity contribution in [2.75, 3.05) is 13.7 Å². The van der Waals surface area contributed by atoms with Crippen molar-refractivity contribution >= 4 is 11.9 Å². The SMILES string of the molecule is COC(=O)C(Cc1ccccc1)NC(=O)[C@H]1CCCN1. The molecule has 1 aromatic carbocycles. The standard InChI is InChI=1S/C15H20N2O3/c1-20-15(19)13(10-11-6-3-2-4-7-11)17-14(18)12-8-5-9-16-12/h2-4,6-7,12-13,16H,5,8-10H2,1H3,(H,17,18)/t12-,13?/m1/s1. The third-order valence-corrected chi connectivity index (χ3v) is 3.46. The van der Waals surface area contributed by atoms with E-state index in [0.717, 1.165) is 24.9 Å². The number of benzene rings is 1. The van der Waals surface area contributed by atoms with Gasteiger partial charge in [0, 0.05) is 6.42 Å². The summed E-state index contributed by atoms with van der Waals surface area (Å²) in [6.07, 6.45) is 2.23. The van der Waals surface area contributed by atoms with Crippen molar-refractivity contribution in [2.24, 2.45) is 0 Å². The number of nitrogens with one attached hydrogen (secondary N) is 2. The lowest BCUT2D eigenvalue weighted by atomic mass is 10.1. The normalized spacial score (nSPS) is 19.4. The van der Waals surface area contributed by atoms with Crippen molar-refractivity contribution in [3.05, 3.63) is 35.9 Å². The molecular weight excluding hydrogens is 256 g/mol. The molecule has 2 N–H and O–H groups in total. The van der Waals surface area contributed by atoms with E-state index in [9.17, 15) is 9.59 Å². The summed E-state index contributed by atoms with van der Waals surface area (Å²) in [5, 5.41) is 5.90. The zero-order valence-electron chi connectivity index (χ0n) is 11.6. The summed E-state index contributed by atoms with van der Waals surface area (Å²) >= 11 is 0. The Bertz CT molecular complexity index is 455. The predicted molar refractivity (Wildman–Crippen MR) is 75.1 cm³/mol. The topological polar surface area (TPSA) is 67.4 Å². The van der Waals surface area contributed by atoms with Gasteiger partial charge in [-0.2, -0.15) is 0 Å². The number of esters is 1. The Hall–Kier alpha value is -1.88. The minimum absolute atomic E-state index is 0.131. The van der Waals surface area contributed by atoms with Crippen molar-refractivity contribution in [2.45, 2.75) is 31.3 Å². The summed E-state index contributed by atoms with van der Waals surface area (Å²) < 4.78 is 4.77. The highest BCUT2D eigenvalue weighted by molar-refractivity contribution is 5.87. The highest BCUT2D eigenvalue weighted by atomic mass is 16.5. The fourth-order valence-corrected chi connectivity index (χ4v) is 2.37. The highest BCUT2D eigenvalue weighted by Crippen LogP contribution is 2.08. The molecule has 20 heavy (non-hydrogen) atoms. The average Bonchev–Trinajstić information content (AvgIpc) is 3.01. The van der Waals surface area contributed by atoms with E-state index in [-0.39, 0.29) is 11.9 Å². The van der Waals surface area contributed by atoms with Crippen LogP contribution in [0.2, 0.25) is 0 Å². The van der Waals surface area contributed by atoms with Crippen LogP contribution >= 0.6 is 0 Å². The number of hydrogen-bond donors (Lipinski definition) is 2. The zero-order chi connectivity index (χ0) is 14.4. The molecule has 5 nitrogen and oxygen atoms in total. The number of carbonyl (C=O) groups excluding carboxylic acids is 2. The summed E-state index contributed by atoms with van der Waals surface area (Å²) in [6, 6.07) is 8.74. The monoisotopic (exact) mass is 276 g/mol. The van der Waals surface area contributed by atoms with E-state index in [1.165, 1.54) is 7.11 Å². The van der Waals surface area contributed by atoms with Crippen LogP contribution in [0.3, 0.4) is 0 Å². The maximum atomic E-state index is 12.1. The molecule has 0 spiro atoms. The van der Waals surface area contributed by atoms with E-state index in [0.29, 0.717) is 6.42 Å². The number of methoxy groups -OCH3 is 1. The molecule has 2 rings (SSSR count). The van der Waals surface area contributed by atoms with Crippen molar-refractivity contribution in [3.63, 3.8) is 0 Å². The fraction of sp³-hybridized carbons (Fsp3) is 0.467. The van der Waals surface area contributed by atoms with E-state index >= 15 is 0 Å². The molecule has 1 heterocycles. The fourth-order valence-electron chi connectivity index (χ4n) is 2.37. The van der Waals surface area contributed by atoms with E-state index < -0.39 is 12.0 Å². The predicted octanol–water partition coefficient (Wildman–Crippen LogP) is 0.639. The molecule has 2 atom stereocenters. The van der Waals surface area contributed by atoms with Crippen molar-refractivity contribution in [3.8, 4) is 0 Å². The van der Waals surface area contributed by atoms with Crippen LogP contribution in [0.5, 0.6) is 0 Å². The van der Waals surface area contributed by atoms with Crippen LogP contribution in [0.4, 0.5) is 0 Å². The van der Waals surface area contributed by atoms with Gasteiger partial charge >= 0.3 is 5.97 Å². The maximum absolute atomic E-state index is 12.1. The van der Waals surface area contributed by atoms with Crippen LogP contribution < -0.4 is 10.6 Å². The first-order valence-electron chi connectivity index (χ1n) is 6.86. The van der Waals surface area contributed by atoms with E-state index in [4.69, 9.17) is 4.74 Å². The van der Waals surface area contributed by atoms with Gasteiger partial charge in [0.2, 0.25) is 5.91 Å². The van der Waals surface area contributed by atoms with Crippen LogP contribution in [-0.2, 0) is 20.7 Å². The minimum atomic E-state index is -0.641. The van der Waals surface area contributed by atoms with Gasteiger partial charge in [-0.3, -0.25) is 4.79 Å². The maximum Gasteiger partial charge on any atom is 0.328 e. The molecule has 1 aromatic rings. The number of amides is 1. The molecule has 1 aliphatic rings. The van der Waals surface area contributed by atoms with E-state index in [1.54, 1.807) is 0 Å². The smallest absolute Gasteiger partial charge is 0.328 e. The van der Waals surface area contributed by atoms with Gasteiger partial charge in [0.25, 0.3) is 0 Å². The molecule has 0 saturated carbocycles. The molecule has 1 aliphatic heterocycles. The second kappa shape index (κ2) is 7.05. The van der Waals surface area contributed by atoms with E-state index in [2.05, 4.69) is 10.6 Å². The molecule has 108 valence electrons. The van der Waals surface area contributed by atoms with Crippen LogP contribution in [0.25, 0.3) is 0 Å². The zero-order valence-corrected chi connectivity index (χ0v) is 11.6. The Balaban J connectivity index is 2.00.